The van der Waals surface area contributed by atoms with Gasteiger partial charge in [-0.05, 0) is 206 Å². The molecule has 0 unspecified atom stereocenters. The molecule has 25 rings (SSSR count). The summed E-state index contributed by atoms with van der Waals surface area (Å²) in [6.45, 7) is 6.99. The van der Waals surface area contributed by atoms with E-state index in [0.29, 0.717) is 0 Å². The van der Waals surface area contributed by atoms with Crippen LogP contribution in [-0.4, -0.2) is 24.6 Å². The zero-order chi connectivity index (χ0) is 74.2. The average molecular weight is 1440 g/mol. The highest BCUT2D eigenvalue weighted by Crippen LogP contribution is 2.54. The summed E-state index contributed by atoms with van der Waals surface area (Å²) in [7, 11) is 0. The molecule has 0 amide bonds. The van der Waals surface area contributed by atoms with E-state index in [1.165, 1.54) is 164 Å². The molecule has 23 aromatic rings. The van der Waals surface area contributed by atoms with Crippen LogP contribution in [0.5, 0.6) is 0 Å². The Bertz CT molecular complexity index is 7380. The monoisotopic (exact) mass is 1440 g/mol. The molecule has 0 bridgehead atoms. The average Bonchev–Trinajstić information content (AvgIpc) is 1.70. The lowest BCUT2D eigenvalue weighted by atomic mass is 9.33. The lowest BCUT2D eigenvalue weighted by Crippen LogP contribution is -2.61. The van der Waals surface area contributed by atoms with E-state index in [0.717, 1.165) is 67.5 Å². The maximum absolute atomic E-state index is 2.69. The summed E-state index contributed by atoms with van der Waals surface area (Å²) in [5.41, 5.74) is 35.3. The van der Waals surface area contributed by atoms with E-state index in [1.807, 2.05) is 0 Å². The van der Waals surface area contributed by atoms with Gasteiger partial charge in [-0.2, -0.15) is 0 Å². The van der Waals surface area contributed by atoms with Gasteiger partial charge in [0.05, 0.1) is 66.5 Å². The molecular weight excluding hydrogens is 1370 g/mol. The first-order valence-electron chi connectivity index (χ1n) is 39.5. The van der Waals surface area contributed by atoms with Crippen LogP contribution in [0.3, 0.4) is 0 Å². The zero-order valence-electron chi connectivity index (χ0n) is 62.4. The molecular formula is C106H69BN6. The second kappa shape index (κ2) is 23.1. The molecule has 0 fully saturated rings. The molecule has 526 valence electrons. The van der Waals surface area contributed by atoms with Crippen LogP contribution in [0.25, 0.3) is 176 Å². The van der Waals surface area contributed by atoms with Crippen LogP contribution in [0.4, 0.5) is 34.1 Å². The van der Waals surface area contributed by atoms with Gasteiger partial charge in [0.2, 0.25) is 0 Å². The van der Waals surface area contributed by atoms with Gasteiger partial charge in [-0.1, -0.05) is 239 Å². The first kappa shape index (κ1) is 62.5. The maximum Gasteiger partial charge on any atom is 0.252 e. The highest BCUT2D eigenvalue weighted by Gasteiger charge is 2.45. The SMILES string of the molecule is CC(C)(C)c1cc2c3c(c1)N(c1ccccc1-c1cc4c5ccccc5n5c6ccccc6c(c1)c45)c1cc(-c4ccc5c(c4)c4ccccc4n5-c4ccccc4)ccc1B3c1ccc(-c3ccc4c(c3)c3ccccc3n4-c3ccccc3)cc1N2c1ccccc1-c1cc2c3ccccc3n3c4ccccc4c(c1)c23. The summed E-state index contributed by atoms with van der Waals surface area (Å²) in [4.78, 5) is 5.37. The van der Waals surface area contributed by atoms with Crippen molar-refractivity contribution in [2.45, 2.75) is 26.2 Å². The molecule has 6 nitrogen and oxygen atoms in total. The van der Waals surface area contributed by atoms with Gasteiger partial charge in [0.25, 0.3) is 6.71 Å². The molecule has 8 heterocycles. The van der Waals surface area contributed by atoms with Gasteiger partial charge >= 0.3 is 0 Å². The van der Waals surface area contributed by atoms with Crippen molar-refractivity contribution in [2.75, 3.05) is 9.80 Å². The summed E-state index contributed by atoms with van der Waals surface area (Å²) >= 11 is 0. The minimum Gasteiger partial charge on any atom is -0.311 e. The molecule has 0 radical (unpaired) electrons. The summed E-state index contributed by atoms with van der Waals surface area (Å²) < 4.78 is 9.83. The largest absolute Gasteiger partial charge is 0.311 e. The van der Waals surface area contributed by atoms with Crippen molar-refractivity contribution in [1.82, 2.24) is 17.9 Å². The fourth-order valence-electron chi connectivity index (χ4n) is 20.4. The van der Waals surface area contributed by atoms with Crippen LogP contribution in [0.1, 0.15) is 26.3 Å². The van der Waals surface area contributed by atoms with Crippen LogP contribution >= 0.6 is 0 Å². The summed E-state index contributed by atoms with van der Waals surface area (Å²) in [6, 6.07) is 138. The third-order valence-electron chi connectivity index (χ3n) is 25.3. The van der Waals surface area contributed by atoms with E-state index in [1.54, 1.807) is 0 Å². The van der Waals surface area contributed by atoms with Crippen LogP contribution in [0.15, 0.2) is 364 Å². The second-order valence-electron chi connectivity index (χ2n) is 32.3. The normalized spacial score (nSPS) is 13.0. The fourth-order valence-corrected chi connectivity index (χ4v) is 20.4. The lowest BCUT2D eigenvalue weighted by molar-refractivity contribution is 0.590. The topological polar surface area (TPSA) is 25.2 Å². The van der Waals surface area contributed by atoms with Gasteiger partial charge in [0, 0.05) is 110 Å². The van der Waals surface area contributed by atoms with Crippen molar-refractivity contribution in [3.8, 4) is 55.9 Å². The highest BCUT2D eigenvalue weighted by molar-refractivity contribution is 7.00. The second-order valence-corrected chi connectivity index (χ2v) is 32.3. The number of benzene rings is 17. The number of aromatic nitrogens is 4. The Balaban J connectivity index is 0.773. The van der Waals surface area contributed by atoms with E-state index in [4.69, 9.17) is 0 Å². The summed E-state index contributed by atoms with van der Waals surface area (Å²) in [5.74, 6) is 0. The van der Waals surface area contributed by atoms with Gasteiger partial charge < -0.3 is 27.7 Å². The molecule has 0 aliphatic carbocycles. The smallest absolute Gasteiger partial charge is 0.252 e. The van der Waals surface area contributed by atoms with Gasteiger partial charge in [-0.25, -0.2) is 0 Å². The summed E-state index contributed by atoms with van der Waals surface area (Å²) in [5, 5.41) is 14.9. The Hall–Kier alpha value is -14.4. The van der Waals surface area contributed by atoms with Gasteiger partial charge in [0.15, 0.2) is 0 Å². The van der Waals surface area contributed by atoms with Gasteiger partial charge in [0.1, 0.15) is 0 Å². The van der Waals surface area contributed by atoms with Crippen molar-refractivity contribution in [2.24, 2.45) is 0 Å². The molecule has 7 heteroatoms. The standard InChI is InChI=1S/C106H69BN6/c1-106(2,3)70-62-101-103-102(63-70)111(90-39-19-11-31-74(90)69-58-85-79-36-16-24-44-95(79)113-96-45-25-17-37-80(96)86(59-69)105(85)113)100-61-67(65-49-53-98-82(55-65)76-33-13-21-41-92(76)109(98)72-28-8-5-9-29-72)47-51-88(100)107(103)87-50-46-66(64-48-52-97-81(54-64)75-32-12-20-40-91(75)108(97)71-26-6-4-7-27-71)60-99(87)110(101)89-38-18-10-30-73(89)68-56-83-77-34-14-22-42-93(77)112-94-43-23-15-35-78(94)84(57-68)104(83)112/h4-63H,1-3H3. The van der Waals surface area contributed by atoms with E-state index >= 15 is 0 Å². The molecule has 17 aromatic carbocycles. The molecule has 6 aromatic heterocycles. The van der Waals surface area contributed by atoms with Crippen molar-refractivity contribution >= 4 is 177 Å². The first-order chi connectivity index (χ1) is 55.7. The third-order valence-corrected chi connectivity index (χ3v) is 25.3. The van der Waals surface area contributed by atoms with E-state index in [2.05, 4.69) is 412 Å². The number of anilines is 6. The molecule has 0 spiro atoms. The number of fused-ring (bicyclic) bond motifs is 22. The quantitative estimate of drug-likeness (QED) is 0.142. The molecule has 0 N–H and O–H groups in total. The Labute approximate surface area is 652 Å². The predicted molar refractivity (Wildman–Crippen MR) is 479 cm³/mol. The third kappa shape index (κ3) is 8.73. The lowest BCUT2D eigenvalue weighted by Gasteiger charge is -2.46. The molecule has 113 heavy (non-hydrogen) atoms. The van der Waals surface area contributed by atoms with Gasteiger partial charge in [-0.15, -0.1) is 0 Å². The summed E-state index contributed by atoms with van der Waals surface area (Å²) in [6.07, 6.45) is 0. The number of hydrogen-bond donors (Lipinski definition) is 0. The highest BCUT2D eigenvalue weighted by atomic mass is 15.2. The van der Waals surface area contributed by atoms with Crippen molar-refractivity contribution in [3.63, 3.8) is 0 Å². The van der Waals surface area contributed by atoms with Crippen molar-refractivity contribution < 1.29 is 0 Å². The molecule has 0 atom stereocenters. The van der Waals surface area contributed by atoms with E-state index in [9.17, 15) is 0 Å². The Morgan fingerprint density at radius 1 is 0.221 bits per heavy atom. The number of nitrogens with zero attached hydrogens (tertiary/aromatic N) is 6. The van der Waals surface area contributed by atoms with Crippen LogP contribution in [-0.2, 0) is 5.41 Å². The Morgan fingerprint density at radius 3 is 0.903 bits per heavy atom. The molecule has 0 saturated heterocycles. The Morgan fingerprint density at radius 2 is 0.522 bits per heavy atom. The van der Waals surface area contributed by atoms with E-state index < -0.39 is 0 Å². The molecule has 0 saturated carbocycles. The predicted octanol–water partition coefficient (Wildman–Crippen LogP) is 26.2. The fraction of sp³-hybridized carbons (Fsp3) is 0.0377. The number of para-hydroxylation sites is 10. The zero-order valence-corrected chi connectivity index (χ0v) is 62.4. The minimum absolute atomic E-state index is 0.203. The maximum atomic E-state index is 2.69. The Kier molecular flexibility index (Phi) is 12.8. The molecule has 2 aliphatic heterocycles. The minimum atomic E-state index is -0.308. The van der Waals surface area contributed by atoms with Crippen LogP contribution in [0.2, 0.25) is 0 Å². The van der Waals surface area contributed by atoms with Gasteiger partial charge in [-0.3, -0.25) is 0 Å². The molecule has 2 aliphatic rings. The number of rotatable bonds is 8. The van der Waals surface area contributed by atoms with Crippen molar-refractivity contribution in [1.29, 1.82) is 0 Å². The van der Waals surface area contributed by atoms with Crippen LogP contribution in [0, 0.1) is 0 Å². The van der Waals surface area contributed by atoms with Crippen molar-refractivity contribution in [3.05, 3.63) is 370 Å². The number of hydrogen-bond acceptors (Lipinski definition) is 2. The first-order valence-corrected chi connectivity index (χ1v) is 39.5. The van der Waals surface area contributed by atoms with E-state index in [-0.39, 0.29) is 12.1 Å². The van der Waals surface area contributed by atoms with Crippen LogP contribution < -0.4 is 26.2 Å².